The van der Waals surface area contributed by atoms with Crippen LogP contribution in [0.3, 0.4) is 0 Å². The molecule has 2 rings (SSSR count). The van der Waals surface area contributed by atoms with Crippen molar-refractivity contribution < 1.29 is 0 Å². The van der Waals surface area contributed by atoms with Crippen LogP contribution in [0.5, 0.6) is 0 Å². The van der Waals surface area contributed by atoms with Crippen LogP contribution in [-0.2, 0) is 0 Å². The van der Waals surface area contributed by atoms with Crippen LogP contribution in [0.4, 0.5) is 5.82 Å². The lowest BCUT2D eigenvalue weighted by Gasteiger charge is -2.22. The van der Waals surface area contributed by atoms with E-state index in [4.69, 9.17) is 5.26 Å². The maximum absolute atomic E-state index is 9.01. The minimum atomic E-state index is 0.117. The highest BCUT2D eigenvalue weighted by molar-refractivity contribution is 5.51. The second-order valence-corrected chi connectivity index (χ2v) is 4.17. The van der Waals surface area contributed by atoms with E-state index in [0.717, 1.165) is 0 Å². The number of nitriles is 1. The first-order chi connectivity index (χ1) is 8.72. The molecule has 5 heteroatoms. The maximum Gasteiger partial charge on any atom is 0.144 e. The second-order valence-electron chi connectivity index (χ2n) is 4.17. The van der Waals surface area contributed by atoms with E-state index in [-0.39, 0.29) is 12.1 Å². The number of nitrogens with one attached hydrogen (secondary N) is 1. The van der Waals surface area contributed by atoms with Gasteiger partial charge in [-0.1, -0.05) is 0 Å². The summed E-state index contributed by atoms with van der Waals surface area (Å²) in [6, 6.07) is 7.82. The molecule has 0 fully saturated rings. The Hall–Kier alpha value is -2.35. The highest BCUT2D eigenvalue weighted by Crippen LogP contribution is 2.16. The van der Waals surface area contributed by atoms with E-state index < -0.39 is 0 Å². The molecule has 0 radical (unpaired) electrons. The standard InChI is InChI=1S/C13H15N5/c1-10(11(2)18-8-4-7-16-18)17-13-12(9-14)5-3-6-15-13/h3-8,10-11H,1-2H3,(H,15,17)/t10-,11-/m1/s1. The molecule has 0 aliphatic heterocycles. The molecule has 5 nitrogen and oxygen atoms in total. The van der Waals surface area contributed by atoms with Gasteiger partial charge in [0.25, 0.3) is 0 Å². The summed E-state index contributed by atoms with van der Waals surface area (Å²) in [5.41, 5.74) is 0.553. The summed E-state index contributed by atoms with van der Waals surface area (Å²) in [5, 5.41) is 16.5. The van der Waals surface area contributed by atoms with Gasteiger partial charge in [0.15, 0.2) is 0 Å². The minimum absolute atomic E-state index is 0.117. The van der Waals surface area contributed by atoms with Gasteiger partial charge in [-0.3, -0.25) is 4.68 Å². The third-order valence-electron chi connectivity index (χ3n) is 2.96. The quantitative estimate of drug-likeness (QED) is 0.891. The van der Waals surface area contributed by atoms with Crippen LogP contribution in [0.1, 0.15) is 25.5 Å². The van der Waals surface area contributed by atoms with E-state index >= 15 is 0 Å². The molecule has 0 aliphatic rings. The molecule has 0 unspecified atom stereocenters. The smallest absolute Gasteiger partial charge is 0.144 e. The molecule has 2 atom stereocenters. The fourth-order valence-corrected chi connectivity index (χ4v) is 1.70. The summed E-state index contributed by atoms with van der Waals surface area (Å²) >= 11 is 0. The molecule has 18 heavy (non-hydrogen) atoms. The Morgan fingerprint density at radius 3 is 2.83 bits per heavy atom. The first-order valence-corrected chi connectivity index (χ1v) is 5.83. The fraction of sp³-hybridized carbons (Fsp3) is 0.308. The lowest BCUT2D eigenvalue weighted by molar-refractivity contribution is 0.443. The third-order valence-corrected chi connectivity index (χ3v) is 2.96. The molecule has 2 aromatic rings. The van der Waals surface area contributed by atoms with Crippen LogP contribution < -0.4 is 5.32 Å². The Morgan fingerprint density at radius 1 is 1.33 bits per heavy atom. The maximum atomic E-state index is 9.01. The zero-order valence-corrected chi connectivity index (χ0v) is 10.4. The first kappa shape index (κ1) is 12.1. The number of pyridine rings is 1. The largest absolute Gasteiger partial charge is 0.364 e. The SMILES string of the molecule is C[C@H]([C@@H](C)Nc1ncccc1C#N)n1cccn1. The number of rotatable bonds is 4. The first-order valence-electron chi connectivity index (χ1n) is 5.83. The number of aromatic nitrogens is 3. The van der Waals surface area contributed by atoms with E-state index in [1.165, 1.54) is 0 Å². The van der Waals surface area contributed by atoms with Crippen LogP contribution in [-0.4, -0.2) is 20.8 Å². The van der Waals surface area contributed by atoms with Gasteiger partial charge in [0, 0.05) is 24.6 Å². The zero-order valence-electron chi connectivity index (χ0n) is 10.4. The Labute approximate surface area is 106 Å². The average molecular weight is 241 g/mol. The Kier molecular flexibility index (Phi) is 3.58. The summed E-state index contributed by atoms with van der Waals surface area (Å²) in [4.78, 5) is 4.19. The Morgan fingerprint density at radius 2 is 2.17 bits per heavy atom. The highest BCUT2D eigenvalue weighted by Gasteiger charge is 2.15. The monoisotopic (exact) mass is 241 g/mol. The van der Waals surface area contributed by atoms with E-state index in [1.807, 2.05) is 23.9 Å². The molecule has 2 heterocycles. The van der Waals surface area contributed by atoms with Gasteiger partial charge in [-0.15, -0.1) is 0 Å². The molecule has 0 saturated carbocycles. The van der Waals surface area contributed by atoms with Crippen molar-refractivity contribution in [1.29, 1.82) is 5.26 Å². The second kappa shape index (κ2) is 5.32. The van der Waals surface area contributed by atoms with Gasteiger partial charge in [0.1, 0.15) is 11.9 Å². The summed E-state index contributed by atoms with van der Waals surface area (Å²) in [7, 11) is 0. The highest BCUT2D eigenvalue weighted by atomic mass is 15.3. The van der Waals surface area contributed by atoms with Crippen LogP contribution in [0.25, 0.3) is 0 Å². The van der Waals surface area contributed by atoms with Gasteiger partial charge in [0.05, 0.1) is 11.6 Å². The lowest BCUT2D eigenvalue weighted by atomic mass is 10.1. The predicted molar refractivity (Wildman–Crippen MR) is 69.0 cm³/mol. The van der Waals surface area contributed by atoms with Crippen molar-refractivity contribution in [2.24, 2.45) is 0 Å². The van der Waals surface area contributed by atoms with Crippen molar-refractivity contribution in [2.75, 3.05) is 5.32 Å². The van der Waals surface area contributed by atoms with Crippen LogP contribution >= 0.6 is 0 Å². The number of nitrogens with zero attached hydrogens (tertiary/aromatic N) is 4. The molecule has 0 bridgehead atoms. The molecule has 92 valence electrons. The van der Waals surface area contributed by atoms with E-state index in [9.17, 15) is 0 Å². The van der Waals surface area contributed by atoms with Gasteiger partial charge >= 0.3 is 0 Å². The average Bonchev–Trinajstić information content (AvgIpc) is 2.92. The number of anilines is 1. The minimum Gasteiger partial charge on any atom is -0.364 e. The van der Waals surface area contributed by atoms with Crippen molar-refractivity contribution in [1.82, 2.24) is 14.8 Å². The normalized spacial score (nSPS) is 13.6. The molecule has 0 saturated heterocycles. The van der Waals surface area contributed by atoms with Crippen LogP contribution in [0.15, 0.2) is 36.8 Å². The van der Waals surface area contributed by atoms with Gasteiger partial charge in [0.2, 0.25) is 0 Å². The van der Waals surface area contributed by atoms with Crippen LogP contribution in [0.2, 0.25) is 0 Å². The third kappa shape index (κ3) is 2.48. The van der Waals surface area contributed by atoms with Gasteiger partial charge < -0.3 is 5.32 Å². The Bertz CT molecular complexity index is 541. The van der Waals surface area contributed by atoms with Crippen molar-refractivity contribution >= 4 is 5.82 Å². The van der Waals surface area contributed by atoms with Gasteiger partial charge in [-0.25, -0.2) is 4.98 Å². The lowest BCUT2D eigenvalue weighted by Crippen LogP contribution is -2.27. The zero-order chi connectivity index (χ0) is 13.0. The topological polar surface area (TPSA) is 66.5 Å². The number of hydrogen-bond acceptors (Lipinski definition) is 4. The van der Waals surface area contributed by atoms with Crippen LogP contribution in [0, 0.1) is 11.3 Å². The van der Waals surface area contributed by atoms with Gasteiger partial charge in [-0.2, -0.15) is 10.4 Å². The molecular formula is C13H15N5. The summed E-state index contributed by atoms with van der Waals surface area (Å²) in [6.45, 7) is 4.11. The molecule has 2 aromatic heterocycles. The van der Waals surface area contributed by atoms with Crippen molar-refractivity contribution in [3.63, 3.8) is 0 Å². The van der Waals surface area contributed by atoms with Gasteiger partial charge in [-0.05, 0) is 32.0 Å². The molecule has 0 aliphatic carbocycles. The van der Waals surface area contributed by atoms with Crippen molar-refractivity contribution in [2.45, 2.75) is 25.9 Å². The summed E-state index contributed by atoms with van der Waals surface area (Å²) in [6.07, 6.45) is 5.35. The molecule has 0 spiro atoms. The molecule has 1 N–H and O–H groups in total. The van der Waals surface area contributed by atoms with Crippen molar-refractivity contribution in [3.05, 3.63) is 42.4 Å². The summed E-state index contributed by atoms with van der Waals surface area (Å²) < 4.78 is 1.88. The van der Waals surface area contributed by atoms with E-state index in [1.54, 1.807) is 24.5 Å². The molecule has 0 aromatic carbocycles. The molecular weight excluding hydrogens is 226 g/mol. The number of hydrogen-bond donors (Lipinski definition) is 1. The Balaban J connectivity index is 2.12. The van der Waals surface area contributed by atoms with E-state index in [0.29, 0.717) is 11.4 Å². The predicted octanol–water partition coefficient (Wildman–Crippen LogP) is 2.21. The van der Waals surface area contributed by atoms with Crippen molar-refractivity contribution in [3.8, 4) is 6.07 Å². The fourth-order valence-electron chi connectivity index (χ4n) is 1.70. The molecule has 0 amide bonds. The summed E-state index contributed by atoms with van der Waals surface area (Å²) in [5.74, 6) is 0.617. The van der Waals surface area contributed by atoms with E-state index in [2.05, 4.69) is 28.4 Å².